The first-order chi connectivity index (χ1) is 9.02. The lowest BCUT2D eigenvalue weighted by Gasteiger charge is -2.19. The highest BCUT2D eigenvalue weighted by Crippen LogP contribution is 2.29. The molecule has 0 aliphatic heterocycles. The van der Waals surface area contributed by atoms with Gasteiger partial charge in [-0.05, 0) is 18.6 Å². The van der Waals surface area contributed by atoms with E-state index in [4.69, 9.17) is 18.0 Å². The summed E-state index contributed by atoms with van der Waals surface area (Å²) >= 11 is 5.77. The van der Waals surface area contributed by atoms with E-state index < -0.39 is 10.8 Å². The average molecular weight is 281 g/mol. The minimum atomic E-state index is -0.657. The number of halogens is 1. The van der Waals surface area contributed by atoms with Gasteiger partial charge in [-0.3, -0.25) is 14.9 Å². The summed E-state index contributed by atoms with van der Waals surface area (Å²) in [6, 6.07) is 4.26. The SMILES string of the molecule is C#CCN(CCC)C(=O)c1cccc(Cl)c1[N+](=O)[O-]. The lowest BCUT2D eigenvalue weighted by atomic mass is 10.1. The van der Waals surface area contributed by atoms with Crippen molar-refractivity contribution in [3.63, 3.8) is 0 Å². The Bertz CT molecular complexity index is 537. The molecule has 1 aromatic carbocycles. The summed E-state index contributed by atoms with van der Waals surface area (Å²) in [6.07, 6.45) is 5.91. The van der Waals surface area contributed by atoms with Crippen molar-refractivity contribution in [2.24, 2.45) is 0 Å². The number of carbonyl (C=O) groups is 1. The number of hydrogen-bond acceptors (Lipinski definition) is 3. The minimum Gasteiger partial charge on any atom is -0.327 e. The van der Waals surface area contributed by atoms with Gasteiger partial charge in [0.1, 0.15) is 10.6 Å². The summed E-state index contributed by atoms with van der Waals surface area (Å²) in [5.74, 6) is 1.89. The van der Waals surface area contributed by atoms with Gasteiger partial charge in [0, 0.05) is 6.54 Å². The zero-order valence-corrected chi connectivity index (χ0v) is 11.2. The Hall–Kier alpha value is -2.06. The minimum absolute atomic E-state index is 0.0406. The van der Waals surface area contributed by atoms with Crippen molar-refractivity contribution in [1.82, 2.24) is 4.90 Å². The van der Waals surface area contributed by atoms with Crippen molar-refractivity contribution in [1.29, 1.82) is 0 Å². The summed E-state index contributed by atoms with van der Waals surface area (Å²) in [5.41, 5.74) is -0.423. The van der Waals surface area contributed by atoms with Crippen LogP contribution in [-0.2, 0) is 0 Å². The molecule has 0 heterocycles. The predicted octanol–water partition coefficient (Wildman–Crippen LogP) is 2.73. The lowest BCUT2D eigenvalue weighted by molar-refractivity contribution is -0.385. The number of nitro groups is 1. The van der Waals surface area contributed by atoms with Crippen LogP contribution in [0.1, 0.15) is 23.7 Å². The average Bonchev–Trinajstić information content (AvgIpc) is 2.37. The van der Waals surface area contributed by atoms with Crippen LogP contribution in [0.2, 0.25) is 5.02 Å². The van der Waals surface area contributed by atoms with Gasteiger partial charge in [0.15, 0.2) is 0 Å². The number of rotatable bonds is 5. The maximum atomic E-state index is 12.3. The highest BCUT2D eigenvalue weighted by molar-refractivity contribution is 6.33. The molecule has 19 heavy (non-hydrogen) atoms. The molecule has 0 atom stereocenters. The number of benzene rings is 1. The third-order valence-electron chi connectivity index (χ3n) is 2.46. The molecule has 5 nitrogen and oxygen atoms in total. The molecule has 6 heteroatoms. The molecular weight excluding hydrogens is 268 g/mol. The summed E-state index contributed by atoms with van der Waals surface area (Å²) in [5, 5.41) is 10.9. The van der Waals surface area contributed by atoms with Gasteiger partial charge in [-0.25, -0.2) is 0 Å². The monoisotopic (exact) mass is 280 g/mol. The summed E-state index contributed by atoms with van der Waals surface area (Å²) in [6.45, 7) is 2.44. The Morgan fingerprint density at radius 3 is 2.79 bits per heavy atom. The van der Waals surface area contributed by atoms with Crippen LogP contribution in [0.25, 0.3) is 0 Å². The number of amides is 1. The number of hydrogen-bond donors (Lipinski definition) is 0. The van der Waals surface area contributed by atoms with Crippen LogP contribution in [0, 0.1) is 22.5 Å². The molecule has 0 aromatic heterocycles. The maximum absolute atomic E-state index is 12.3. The molecule has 1 rings (SSSR count). The first-order valence-electron chi connectivity index (χ1n) is 5.68. The Morgan fingerprint density at radius 1 is 1.58 bits per heavy atom. The molecule has 0 spiro atoms. The Balaban J connectivity index is 3.21. The Kier molecular flexibility index (Phi) is 5.34. The molecule has 0 fully saturated rings. The molecule has 0 radical (unpaired) electrons. The van der Waals surface area contributed by atoms with E-state index in [-0.39, 0.29) is 22.8 Å². The zero-order valence-electron chi connectivity index (χ0n) is 10.4. The van der Waals surface area contributed by atoms with Gasteiger partial charge in [0.2, 0.25) is 0 Å². The maximum Gasteiger partial charge on any atom is 0.300 e. The first-order valence-corrected chi connectivity index (χ1v) is 6.06. The van der Waals surface area contributed by atoms with Gasteiger partial charge in [-0.15, -0.1) is 6.42 Å². The van der Waals surface area contributed by atoms with Crippen molar-refractivity contribution < 1.29 is 9.72 Å². The molecule has 0 N–H and O–H groups in total. The van der Waals surface area contributed by atoms with Crippen molar-refractivity contribution in [2.45, 2.75) is 13.3 Å². The van der Waals surface area contributed by atoms with Gasteiger partial charge < -0.3 is 4.90 Å². The van der Waals surface area contributed by atoms with Gasteiger partial charge in [-0.2, -0.15) is 0 Å². The standard InChI is InChI=1S/C13H13ClN2O3/c1-3-8-15(9-4-2)13(17)10-6-5-7-11(14)12(10)16(18)19/h1,5-7H,4,8-9H2,2H3. The third-order valence-corrected chi connectivity index (χ3v) is 2.77. The molecule has 0 unspecified atom stereocenters. The van der Waals surface area contributed by atoms with Crippen LogP contribution < -0.4 is 0 Å². The molecule has 0 saturated heterocycles. The number of para-hydroxylation sites is 1. The number of nitro benzene ring substituents is 1. The van der Waals surface area contributed by atoms with E-state index in [1.165, 1.54) is 23.1 Å². The largest absolute Gasteiger partial charge is 0.327 e. The quantitative estimate of drug-likeness (QED) is 0.473. The van der Waals surface area contributed by atoms with Gasteiger partial charge in [-0.1, -0.05) is 30.5 Å². The van der Waals surface area contributed by atoms with E-state index in [0.29, 0.717) is 13.0 Å². The van der Waals surface area contributed by atoms with Gasteiger partial charge in [0.05, 0.1) is 11.5 Å². The number of terminal acetylenes is 1. The lowest BCUT2D eigenvalue weighted by Crippen LogP contribution is -2.32. The van der Waals surface area contributed by atoms with Crippen LogP contribution in [0.4, 0.5) is 5.69 Å². The predicted molar refractivity (Wildman–Crippen MR) is 73.1 cm³/mol. The smallest absolute Gasteiger partial charge is 0.300 e. The topological polar surface area (TPSA) is 63.5 Å². The Labute approximate surface area is 116 Å². The van der Waals surface area contributed by atoms with E-state index >= 15 is 0 Å². The second-order valence-corrected chi connectivity index (χ2v) is 4.23. The fourth-order valence-corrected chi connectivity index (χ4v) is 1.92. The summed E-state index contributed by atoms with van der Waals surface area (Å²) in [4.78, 5) is 24.0. The molecule has 1 aromatic rings. The fourth-order valence-electron chi connectivity index (χ4n) is 1.68. The number of nitrogens with zero attached hydrogens (tertiary/aromatic N) is 2. The van der Waals surface area contributed by atoms with Crippen molar-refractivity contribution in [3.8, 4) is 12.3 Å². The molecule has 0 bridgehead atoms. The van der Waals surface area contributed by atoms with Gasteiger partial charge >= 0.3 is 5.69 Å². The van der Waals surface area contributed by atoms with E-state index in [9.17, 15) is 14.9 Å². The van der Waals surface area contributed by atoms with E-state index in [1.54, 1.807) is 0 Å². The van der Waals surface area contributed by atoms with Crippen LogP contribution in [0.3, 0.4) is 0 Å². The highest BCUT2D eigenvalue weighted by Gasteiger charge is 2.26. The van der Waals surface area contributed by atoms with Crippen molar-refractivity contribution in [2.75, 3.05) is 13.1 Å². The van der Waals surface area contributed by atoms with Crippen LogP contribution in [0.15, 0.2) is 18.2 Å². The van der Waals surface area contributed by atoms with Crippen LogP contribution >= 0.6 is 11.6 Å². The van der Waals surface area contributed by atoms with E-state index in [2.05, 4.69) is 5.92 Å². The number of carbonyl (C=O) groups excluding carboxylic acids is 1. The first kappa shape index (κ1) is 15.0. The van der Waals surface area contributed by atoms with Gasteiger partial charge in [0.25, 0.3) is 5.91 Å². The highest BCUT2D eigenvalue weighted by atomic mass is 35.5. The normalized spacial score (nSPS) is 9.74. The molecule has 0 aliphatic rings. The molecule has 0 aliphatic carbocycles. The van der Waals surface area contributed by atoms with E-state index in [1.807, 2.05) is 6.92 Å². The van der Waals surface area contributed by atoms with Crippen molar-refractivity contribution in [3.05, 3.63) is 38.9 Å². The zero-order chi connectivity index (χ0) is 14.4. The summed E-state index contributed by atoms with van der Waals surface area (Å²) < 4.78 is 0. The molecule has 0 saturated carbocycles. The second kappa shape index (κ2) is 6.76. The Morgan fingerprint density at radius 2 is 2.26 bits per heavy atom. The van der Waals surface area contributed by atoms with Crippen LogP contribution in [0.5, 0.6) is 0 Å². The summed E-state index contributed by atoms with van der Waals surface area (Å²) in [7, 11) is 0. The molecule has 1 amide bonds. The fraction of sp³-hybridized carbons (Fsp3) is 0.308. The van der Waals surface area contributed by atoms with E-state index in [0.717, 1.165) is 0 Å². The van der Waals surface area contributed by atoms with Crippen LogP contribution in [-0.4, -0.2) is 28.8 Å². The second-order valence-electron chi connectivity index (χ2n) is 3.82. The third kappa shape index (κ3) is 3.46. The van der Waals surface area contributed by atoms with Crippen molar-refractivity contribution >= 4 is 23.2 Å². The molecule has 100 valence electrons. The molecular formula is C13H13ClN2O3.